The summed E-state index contributed by atoms with van der Waals surface area (Å²) in [6.07, 6.45) is 4.84. The maximum Gasteiger partial charge on any atom is 0.180 e. The summed E-state index contributed by atoms with van der Waals surface area (Å²) in [6, 6.07) is 4.11. The third kappa shape index (κ3) is 2.58. The number of aryl methyl sites for hydroxylation is 3. The topological polar surface area (TPSA) is 69.1 Å². The molecule has 0 saturated heterocycles. The highest BCUT2D eigenvalue weighted by Crippen LogP contribution is 2.14. The van der Waals surface area contributed by atoms with E-state index >= 15 is 0 Å². The first-order valence-electron chi connectivity index (χ1n) is 6.22. The lowest BCUT2D eigenvalue weighted by atomic mass is 10.2. The van der Waals surface area contributed by atoms with Gasteiger partial charge >= 0.3 is 0 Å². The first kappa shape index (κ1) is 12.1. The molecule has 3 aromatic heterocycles. The van der Waals surface area contributed by atoms with E-state index in [1.807, 2.05) is 22.0 Å². The quantitative estimate of drug-likeness (QED) is 0.791. The van der Waals surface area contributed by atoms with Crippen LogP contribution in [0.5, 0.6) is 0 Å². The van der Waals surface area contributed by atoms with Crippen molar-refractivity contribution in [2.24, 2.45) is 0 Å². The van der Waals surface area contributed by atoms with Crippen LogP contribution in [0.2, 0.25) is 0 Å². The number of nitrogens with two attached hydrogens (primary N) is 1. The number of hydrogen-bond donors (Lipinski definition) is 1. The molecule has 0 atom stereocenters. The van der Waals surface area contributed by atoms with Gasteiger partial charge in [-0.1, -0.05) is 0 Å². The van der Waals surface area contributed by atoms with Crippen molar-refractivity contribution in [1.82, 2.24) is 19.6 Å². The maximum atomic E-state index is 5.61. The van der Waals surface area contributed by atoms with Gasteiger partial charge in [0.05, 0.1) is 5.69 Å². The zero-order valence-electron chi connectivity index (χ0n) is 10.7. The molecule has 98 valence electrons. The Morgan fingerprint density at radius 3 is 3.00 bits per heavy atom. The van der Waals surface area contributed by atoms with E-state index in [9.17, 15) is 0 Å². The predicted octanol–water partition coefficient (Wildman–Crippen LogP) is 2.25. The van der Waals surface area contributed by atoms with Gasteiger partial charge in [-0.2, -0.15) is 0 Å². The summed E-state index contributed by atoms with van der Waals surface area (Å²) < 4.78 is 2.04. The van der Waals surface area contributed by atoms with E-state index < -0.39 is 0 Å². The molecule has 0 aliphatic heterocycles. The number of hydrogen-bond acceptors (Lipinski definition) is 5. The Labute approximate surface area is 115 Å². The van der Waals surface area contributed by atoms with E-state index in [2.05, 4.69) is 28.2 Å². The second kappa shape index (κ2) is 4.97. The van der Waals surface area contributed by atoms with Crippen molar-refractivity contribution in [3.8, 4) is 0 Å². The molecule has 19 heavy (non-hydrogen) atoms. The molecule has 0 fully saturated rings. The molecule has 0 bridgehead atoms. The lowest BCUT2D eigenvalue weighted by Gasteiger charge is -2.00. The van der Waals surface area contributed by atoms with Crippen molar-refractivity contribution < 1.29 is 0 Å². The van der Waals surface area contributed by atoms with Gasteiger partial charge in [0.15, 0.2) is 10.8 Å². The van der Waals surface area contributed by atoms with E-state index in [1.165, 1.54) is 16.9 Å². The Morgan fingerprint density at radius 2 is 2.21 bits per heavy atom. The normalized spacial score (nSPS) is 11.2. The highest BCUT2D eigenvalue weighted by molar-refractivity contribution is 7.13. The smallest absolute Gasteiger partial charge is 0.180 e. The molecule has 0 spiro atoms. The molecular formula is C13H15N5S. The zero-order valence-corrected chi connectivity index (χ0v) is 11.5. The Bertz CT molecular complexity index is 700. The standard InChI is InChI=1S/C13H15N5S/c1-9-5-6-18-11(16-17-12(18)7-9)4-2-3-10-8-19-13(14)15-10/h5-8H,2-4H2,1H3,(H2,14,15). The molecule has 0 aromatic carbocycles. The number of fused-ring (bicyclic) bond motifs is 1. The average molecular weight is 273 g/mol. The van der Waals surface area contributed by atoms with Crippen LogP contribution in [0.4, 0.5) is 5.13 Å². The van der Waals surface area contributed by atoms with Crippen LogP contribution in [-0.2, 0) is 12.8 Å². The monoisotopic (exact) mass is 273 g/mol. The molecule has 5 nitrogen and oxygen atoms in total. The highest BCUT2D eigenvalue weighted by atomic mass is 32.1. The van der Waals surface area contributed by atoms with Crippen molar-refractivity contribution in [2.75, 3.05) is 5.73 Å². The number of pyridine rings is 1. The summed E-state index contributed by atoms with van der Waals surface area (Å²) in [7, 11) is 0. The third-order valence-corrected chi connectivity index (χ3v) is 3.76. The predicted molar refractivity (Wildman–Crippen MR) is 76.3 cm³/mol. The fraction of sp³-hybridized carbons (Fsp3) is 0.308. The molecule has 0 aliphatic carbocycles. The van der Waals surface area contributed by atoms with Gasteiger partial charge in [0.2, 0.25) is 0 Å². The third-order valence-electron chi connectivity index (χ3n) is 3.04. The minimum absolute atomic E-state index is 0.637. The first-order valence-corrected chi connectivity index (χ1v) is 7.10. The van der Waals surface area contributed by atoms with Crippen LogP contribution in [0.15, 0.2) is 23.7 Å². The second-order valence-corrected chi connectivity index (χ2v) is 5.47. The van der Waals surface area contributed by atoms with Gasteiger partial charge in [-0.3, -0.25) is 4.40 Å². The van der Waals surface area contributed by atoms with Crippen molar-refractivity contribution in [2.45, 2.75) is 26.2 Å². The second-order valence-electron chi connectivity index (χ2n) is 4.58. The fourth-order valence-electron chi connectivity index (χ4n) is 2.08. The molecule has 2 N–H and O–H groups in total. The van der Waals surface area contributed by atoms with E-state index in [1.54, 1.807) is 0 Å². The lowest BCUT2D eigenvalue weighted by molar-refractivity contribution is 0.751. The summed E-state index contributed by atoms with van der Waals surface area (Å²) in [4.78, 5) is 4.26. The van der Waals surface area contributed by atoms with Crippen LogP contribution < -0.4 is 5.73 Å². The summed E-state index contributed by atoms with van der Waals surface area (Å²) in [5.41, 5.74) is 8.79. The van der Waals surface area contributed by atoms with Crippen molar-refractivity contribution >= 4 is 22.1 Å². The average Bonchev–Trinajstić information content (AvgIpc) is 2.96. The largest absolute Gasteiger partial charge is 0.375 e. The number of nitrogens with zero attached hydrogens (tertiary/aromatic N) is 4. The maximum absolute atomic E-state index is 5.61. The molecule has 6 heteroatoms. The number of aromatic nitrogens is 4. The van der Waals surface area contributed by atoms with Crippen LogP contribution in [-0.4, -0.2) is 19.6 Å². The zero-order chi connectivity index (χ0) is 13.2. The molecule has 3 aromatic rings. The number of rotatable bonds is 4. The van der Waals surface area contributed by atoms with Crippen LogP contribution >= 0.6 is 11.3 Å². The van der Waals surface area contributed by atoms with Gasteiger partial charge in [-0.05, 0) is 37.5 Å². The molecule has 0 unspecified atom stereocenters. The van der Waals surface area contributed by atoms with Gasteiger partial charge < -0.3 is 5.73 Å². The van der Waals surface area contributed by atoms with Gasteiger partial charge in [0.1, 0.15) is 5.82 Å². The van der Waals surface area contributed by atoms with Gasteiger partial charge in [0.25, 0.3) is 0 Å². The van der Waals surface area contributed by atoms with Crippen LogP contribution in [0.3, 0.4) is 0 Å². The van der Waals surface area contributed by atoms with Crippen LogP contribution in [0.25, 0.3) is 5.65 Å². The SMILES string of the molecule is Cc1ccn2c(CCCc3csc(N)n3)nnc2c1. The molecule has 0 amide bonds. The highest BCUT2D eigenvalue weighted by Gasteiger charge is 2.06. The summed E-state index contributed by atoms with van der Waals surface area (Å²) in [6.45, 7) is 2.06. The van der Waals surface area contributed by atoms with E-state index in [-0.39, 0.29) is 0 Å². The van der Waals surface area contributed by atoms with Gasteiger partial charge in [-0.25, -0.2) is 4.98 Å². The number of thiazole rings is 1. The van der Waals surface area contributed by atoms with Gasteiger partial charge in [0, 0.05) is 18.0 Å². The first-order chi connectivity index (χ1) is 9.22. The van der Waals surface area contributed by atoms with E-state index in [0.29, 0.717) is 5.13 Å². The molecule has 0 radical (unpaired) electrons. The van der Waals surface area contributed by atoms with Crippen molar-refractivity contribution in [3.05, 3.63) is 40.8 Å². The van der Waals surface area contributed by atoms with Crippen molar-refractivity contribution in [1.29, 1.82) is 0 Å². The minimum atomic E-state index is 0.637. The molecule has 3 rings (SSSR count). The van der Waals surface area contributed by atoms with E-state index in [0.717, 1.165) is 36.4 Å². The summed E-state index contributed by atoms with van der Waals surface area (Å²) in [5, 5.41) is 11.1. The fourth-order valence-corrected chi connectivity index (χ4v) is 2.68. The molecule has 3 heterocycles. The Kier molecular flexibility index (Phi) is 3.16. The van der Waals surface area contributed by atoms with Crippen molar-refractivity contribution in [3.63, 3.8) is 0 Å². The van der Waals surface area contributed by atoms with E-state index in [4.69, 9.17) is 5.73 Å². The van der Waals surface area contributed by atoms with Crippen LogP contribution in [0, 0.1) is 6.92 Å². The lowest BCUT2D eigenvalue weighted by Crippen LogP contribution is -1.97. The Balaban J connectivity index is 1.68. The number of nitrogen functional groups attached to an aromatic ring is 1. The minimum Gasteiger partial charge on any atom is -0.375 e. The molecule has 0 saturated carbocycles. The summed E-state index contributed by atoms with van der Waals surface area (Å²) >= 11 is 1.49. The Morgan fingerprint density at radius 1 is 1.32 bits per heavy atom. The number of anilines is 1. The molecular weight excluding hydrogens is 258 g/mol. The van der Waals surface area contributed by atoms with Crippen LogP contribution in [0.1, 0.15) is 23.5 Å². The van der Waals surface area contributed by atoms with Gasteiger partial charge in [-0.15, -0.1) is 21.5 Å². The summed E-state index contributed by atoms with van der Waals surface area (Å²) in [5.74, 6) is 0.998. The Hall–Kier alpha value is -1.95. The molecule has 0 aliphatic rings.